The van der Waals surface area contributed by atoms with Gasteiger partial charge in [0.05, 0.1) is 0 Å². The van der Waals surface area contributed by atoms with Crippen molar-refractivity contribution in [3.63, 3.8) is 0 Å². The van der Waals surface area contributed by atoms with Gasteiger partial charge in [0.25, 0.3) is 0 Å². The van der Waals surface area contributed by atoms with E-state index in [0.29, 0.717) is 18.0 Å². The van der Waals surface area contributed by atoms with Crippen LogP contribution in [0, 0.1) is 5.92 Å². The maximum Gasteiger partial charge on any atom is 0.249 e. The number of hydrogen-bond donors (Lipinski definition) is 2. The molecule has 0 aromatic heterocycles. The fraction of sp³-hybridized carbons (Fsp3) is 0.500. The highest BCUT2D eigenvalue weighted by Crippen LogP contribution is 2.24. The van der Waals surface area contributed by atoms with E-state index in [0.717, 1.165) is 31.6 Å². The Bertz CT molecular complexity index is 559. The molecule has 2 heterocycles. The van der Waals surface area contributed by atoms with Crippen molar-refractivity contribution in [2.24, 2.45) is 5.92 Å². The van der Waals surface area contributed by atoms with Gasteiger partial charge in [0.2, 0.25) is 11.8 Å². The minimum atomic E-state index is -0.405. The number of carbonyl (C=O) groups is 2. The van der Waals surface area contributed by atoms with Crippen molar-refractivity contribution in [3.8, 4) is 0 Å². The lowest BCUT2D eigenvalue weighted by Crippen LogP contribution is -2.46. The van der Waals surface area contributed by atoms with Gasteiger partial charge in [-0.2, -0.15) is 0 Å². The average Bonchev–Trinajstić information content (AvgIpc) is 2.90. The van der Waals surface area contributed by atoms with Crippen LogP contribution in [0.15, 0.2) is 24.3 Å². The summed E-state index contributed by atoms with van der Waals surface area (Å²) >= 11 is 5.87. The molecular formula is C16H21Cl2N3O2. The number of amides is 2. The number of anilines is 1. The number of carbonyl (C=O) groups excluding carboxylic acids is 2. The van der Waals surface area contributed by atoms with Gasteiger partial charge in [0.1, 0.15) is 6.04 Å². The Morgan fingerprint density at radius 3 is 2.48 bits per heavy atom. The van der Waals surface area contributed by atoms with Gasteiger partial charge in [-0.15, -0.1) is 12.4 Å². The van der Waals surface area contributed by atoms with Gasteiger partial charge in [-0.3, -0.25) is 9.59 Å². The zero-order valence-electron chi connectivity index (χ0n) is 12.8. The highest BCUT2D eigenvalue weighted by molar-refractivity contribution is 6.30. The van der Waals surface area contributed by atoms with E-state index in [4.69, 9.17) is 11.6 Å². The number of benzene rings is 1. The molecule has 2 saturated heterocycles. The third-order valence-electron chi connectivity index (χ3n) is 4.37. The fourth-order valence-corrected chi connectivity index (χ4v) is 3.19. The molecule has 1 atom stereocenters. The van der Waals surface area contributed by atoms with E-state index in [1.165, 1.54) is 0 Å². The first-order chi connectivity index (χ1) is 10.6. The molecule has 0 aliphatic carbocycles. The molecule has 1 aromatic rings. The molecule has 2 amide bonds. The summed E-state index contributed by atoms with van der Waals surface area (Å²) in [5, 5.41) is 6.81. The SMILES string of the molecule is Cl.O=C(NC1CCN(c2ccc(Cl)cc2)C1=O)C1CCNCC1. The molecule has 1 unspecified atom stereocenters. The van der Waals surface area contributed by atoms with Crippen molar-refractivity contribution in [1.82, 2.24) is 10.6 Å². The van der Waals surface area contributed by atoms with Crippen LogP contribution in [0.1, 0.15) is 19.3 Å². The normalized spacial score (nSPS) is 21.9. The Labute approximate surface area is 147 Å². The molecule has 2 fully saturated rings. The van der Waals surface area contributed by atoms with Crippen LogP contribution in [-0.2, 0) is 9.59 Å². The van der Waals surface area contributed by atoms with Crippen LogP contribution >= 0.6 is 24.0 Å². The lowest BCUT2D eigenvalue weighted by atomic mass is 9.97. The Balaban J connectivity index is 0.00000192. The van der Waals surface area contributed by atoms with Crippen molar-refractivity contribution in [2.45, 2.75) is 25.3 Å². The van der Waals surface area contributed by atoms with Gasteiger partial charge in [-0.1, -0.05) is 11.6 Å². The van der Waals surface area contributed by atoms with Gasteiger partial charge in [0, 0.05) is 23.2 Å². The second-order valence-electron chi connectivity index (χ2n) is 5.84. The molecule has 2 aliphatic rings. The summed E-state index contributed by atoms with van der Waals surface area (Å²) in [5.41, 5.74) is 0.827. The summed E-state index contributed by atoms with van der Waals surface area (Å²) in [6.45, 7) is 2.36. The third-order valence-corrected chi connectivity index (χ3v) is 4.62. The lowest BCUT2D eigenvalue weighted by Gasteiger charge is -2.23. The summed E-state index contributed by atoms with van der Waals surface area (Å²) in [5.74, 6) is 0.000968. The first-order valence-electron chi connectivity index (χ1n) is 7.73. The number of rotatable bonds is 3. The monoisotopic (exact) mass is 357 g/mol. The van der Waals surface area contributed by atoms with E-state index in [1.807, 2.05) is 12.1 Å². The van der Waals surface area contributed by atoms with Crippen LogP contribution in [0.4, 0.5) is 5.69 Å². The van der Waals surface area contributed by atoms with Crippen molar-refractivity contribution < 1.29 is 9.59 Å². The second-order valence-corrected chi connectivity index (χ2v) is 6.28. The zero-order valence-corrected chi connectivity index (χ0v) is 14.3. The molecule has 2 aliphatic heterocycles. The Morgan fingerprint density at radius 2 is 1.83 bits per heavy atom. The molecule has 0 spiro atoms. The third kappa shape index (κ3) is 4.16. The standard InChI is InChI=1S/C16H20ClN3O2.ClH/c17-12-1-3-13(4-2-12)20-10-7-14(16(20)22)19-15(21)11-5-8-18-9-6-11;/h1-4,11,14,18H,5-10H2,(H,19,21);1H. The highest BCUT2D eigenvalue weighted by atomic mass is 35.5. The summed E-state index contributed by atoms with van der Waals surface area (Å²) in [4.78, 5) is 26.4. The molecule has 126 valence electrons. The van der Waals surface area contributed by atoms with Gasteiger partial charge in [0.15, 0.2) is 0 Å². The van der Waals surface area contributed by atoms with Gasteiger partial charge < -0.3 is 15.5 Å². The van der Waals surface area contributed by atoms with E-state index in [1.54, 1.807) is 17.0 Å². The molecule has 1 aromatic carbocycles. The molecule has 0 saturated carbocycles. The highest BCUT2D eigenvalue weighted by Gasteiger charge is 2.35. The number of nitrogens with one attached hydrogen (secondary N) is 2. The zero-order chi connectivity index (χ0) is 15.5. The average molecular weight is 358 g/mol. The van der Waals surface area contributed by atoms with Crippen LogP contribution in [0.2, 0.25) is 5.02 Å². The maximum atomic E-state index is 12.5. The predicted octanol–water partition coefficient (Wildman–Crippen LogP) is 1.98. The Kier molecular flexibility index (Phi) is 6.27. The predicted molar refractivity (Wildman–Crippen MR) is 93.2 cm³/mol. The summed E-state index contributed by atoms with van der Waals surface area (Å²) in [6.07, 6.45) is 2.33. The van der Waals surface area contributed by atoms with E-state index < -0.39 is 6.04 Å². The maximum absolute atomic E-state index is 12.5. The smallest absolute Gasteiger partial charge is 0.249 e. The number of hydrogen-bond acceptors (Lipinski definition) is 3. The van der Waals surface area contributed by atoms with E-state index in [-0.39, 0.29) is 30.1 Å². The topological polar surface area (TPSA) is 61.4 Å². The lowest BCUT2D eigenvalue weighted by molar-refractivity contribution is -0.129. The fourth-order valence-electron chi connectivity index (χ4n) is 3.06. The minimum absolute atomic E-state index is 0. The molecule has 5 nitrogen and oxygen atoms in total. The van der Waals surface area contributed by atoms with E-state index >= 15 is 0 Å². The molecule has 2 N–H and O–H groups in total. The van der Waals surface area contributed by atoms with Crippen LogP contribution in [0.25, 0.3) is 0 Å². The minimum Gasteiger partial charge on any atom is -0.344 e. The Hall–Kier alpha value is -1.30. The number of piperidine rings is 1. The first-order valence-corrected chi connectivity index (χ1v) is 8.11. The van der Waals surface area contributed by atoms with Crippen molar-refractivity contribution in [3.05, 3.63) is 29.3 Å². The van der Waals surface area contributed by atoms with Gasteiger partial charge >= 0.3 is 0 Å². The molecule has 0 bridgehead atoms. The first kappa shape index (κ1) is 18.0. The van der Waals surface area contributed by atoms with E-state index in [2.05, 4.69) is 10.6 Å². The van der Waals surface area contributed by atoms with Gasteiger partial charge in [-0.05, 0) is 56.6 Å². The summed E-state index contributed by atoms with van der Waals surface area (Å²) in [6, 6.07) is 6.79. The van der Waals surface area contributed by atoms with Crippen LogP contribution in [0.3, 0.4) is 0 Å². The quantitative estimate of drug-likeness (QED) is 0.869. The molecule has 0 radical (unpaired) electrons. The molecule has 23 heavy (non-hydrogen) atoms. The summed E-state index contributed by atoms with van der Waals surface area (Å²) in [7, 11) is 0. The van der Waals surface area contributed by atoms with Crippen molar-refractivity contribution in [1.29, 1.82) is 0 Å². The summed E-state index contributed by atoms with van der Waals surface area (Å²) < 4.78 is 0. The van der Waals surface area contributed by atoms with Crippen molar-refractivity contribution in [2.75, 3.05) is 24.5 Å². The van der Waals surface area contributed by atoms with Crippen molar-refractivity contribution >= 4 is 41.5 Å². The van der Waals surface area contributed by atoms with Gasteiger partial charge in [-0.25, -0.2) is 0 Å². The molecule has 3 rings (SSSR count). The van der Waals surface area contributed by atoms with Crippen LogP contribution in [0.5, 0.6) is 0 Å². The van der Waals surface area contributed by atoms with E-state index in [9.17, 15) is 9.59 Å². The van der Waals surface area contributed by atoms with Crippen LogP contribution < -0.4 is 15.5 Å². The molecular weight excluding hydrogens is 337 g/mol. The Morgan fingerprint density at radius 1 is 1.17 bits per heavy atom. The number of halogens is 2. The van der Waals surface area contributed by atoms with Crippen LogP contribution in [-0.4, -0.2) is 37.5 Å². The largest absolute Gasteiger partial charge is 0.344 e. The second kappa shape index (κ2) is 7.99. The number of nitrogens with zero attached hydrogens (tertiary/aromatic N) is 1. The molecule has 7 heteroatoms.